The molecule has 0 atom stereocenters. The normalized spacial score (nSPS) is 14.9. The molecule has 0 saturated carbocycles. The minimum atomic E-state index is -0.612. The van der Waals surface area contributed by atoms with Crippen molar-refractivity contribution in [3.8, 4) is 0 Å². The van der Waals surface area contributed by atoms with Gasteiger partial charge in [-0.3, -0.25) is 4.79 Å². The van der Waals surface area contributed by atoms with Crippen molar-refractivity contribution in [3.05, 3.63) is 21.9 Å². The molecule has 0 spiro atoms. The van der Waals surface area contributed by atoms with E-state index in [-0.39, 0.29) is 17.4 Å². The summed E-state index contributed by atoms with van der Waals surface area (Å²) < 4.78 is 1.34. The smallest absolute Gasteiger partial charge is 0.358 e. The van der Waals surface area contributed by atoms with E-state index in [2.05, 4.69) is 10.4 Å². The van der Waals surface area contributed by atoms with E-state index in [1.165, 1.54) is 10.7 Å². The number of aromatic nitrogens is 2. The summed E-state index contributed by atoms with van der Waals surface area (Å²) in [6.45, 7) is 0.944. The van der Waals surface area contributed by atoms with Gasteiger partial charge in [0.25, 0.3) is 5.91 Å². The number of fused-ring (bicyclic) bond motifs is 1. The third-order valence-corrected chi connectivity index (χ3v) is 1.80. The molecule has 7 nitrogen and oxygen atoms in total. The molecule has 1 aliphatic heterocycles. The molecule has 1 amide bonds. The minimum Gasteiger partial charge on any atom is -0.358 e. The first-order valence-corrected chi connectivity index (χ1v) is 3.69. The third-order valence-electron chi connectivity index (χ3n) is 1.80. The Morgan fingerprint density at radius 1 is 1.69 bits per heavy atom. The fourth-order valence-corrected chi connectivity index (χ4v) is 1.21. The Kier molecular flexibility index (Phi) is 1.51. The first kappa shape index (κ1) is 7.71. The highest BCUT2D eigenvalue weighted by molar-refractivity contribution is 5.93. The van der Waals surface area contributed by atoms with Gasteiger partial charge < -0.3 is 15.4 Å². The number of nitrogens with zero attached hydrogens (tertiary/aromatic N) is 3. The largest absolute Gasteiger partial charge is 0.390 e. The van der Waals surface area contributed by atoms with Crippen LogP contribution in [0.15, 0.2) is 6.07 Å². The lowest BCUT2D eigenvalue weighted by Crippen LogP contribution is -2.35. The highest BCUT2D eigenvalue weighted by atomic mass is 16.6. The molecule has 0 bridgehead atoms. The third kappa shape index (κ3) is 1.13. The molecule has 68 valence electrons. The molecule has 1 aromatic rings. The maximum atomic E-state index is 11.1. The first-order valence-electron chi connectivity index (χ1n) is 3.69. The van der Waals surface area contributed by atoms with Gasteiger partial charge >= 0.3 is 5.82 Å². The van der Waals surface area contributed by atoms with Gasteiger partial charge in [0.2, 0.25) is 0 Å². The lowest BCUT2D eigenvalue weighted by Gasteiger charge is -2.09. The van der Waals surface area contributed by atoms with Crippen LogP contribution >= 0.6 is 0 Å². The van der Waals surface area contributed by atoms with Gasteiger partial charge in [0.05, 0.1) is 17.7 Å². The number of nitro groups is 1. The van der Waals surface area contributed by atoms with Crippen LogP contribution in [0.5, 0.6) is 0 Å². The van der Waals surface area contributed by atoms with Crippen molar-refractivity contribution in [2.24, 2.45) is 0 Å². The van der Waals surface area contributed by atoms with Gasteiger partial charge in [-0.25, -0.2) is 0 Å². The number of hydrogen-bond donors (Lipinski definition) is 1. The molecule has 7 heteroatoms. The lowest BCUT2D eigenvalue weighted by atomic mass is 10.3. The van der Waals surface area contributed by atoms with Crippen molar-refractivity contribution < 1.29 is 9.72 Å². The summed E-state index contributed by atoms with van der Waals surface area (Å²) in [5.41, 5.74) is 0.248. The predicted octanol–water partition coefficient (Wildman–Crippen LogP) is -0.465. The number of carbonyl (C=O) groups excluding carboxylic acids is 1. The number of carbonyl (C=O) groups is 1. The van der Waals surface area contributed by atoms with Crippen LogP contribution < -0.4 is 5.32 Å². The zero-order valence-electron chi connectivity index (χ0n) is 6.56. The van der Waals surface area contributed by atoms with Crippen LogP contribution in [0, 0.1) is 10.1 Å². The first-order chi connectivity index (χ1) is 6.18. The zero-order chi connectivity index (χ0) is 9.42. The summed E-state index contributed by atoms with van der Waals surface area (Å²) in [5, 5.41) is 16.5. The second-order valence-corrected chi connectivity index (χ2v) is 2.62. The van der Waals surface area contributed by atoms with Crippen molar-refractivity contribution in [1.82, 2.24) is 15.1 Å². The minimum absolute atomic E-state index is 0.248. The molecular formula is C6H6N4O3. The van der Waals surface area contributed by atoms with Gasteiger partial charge in [-0.05, 0) is 4.92 Å². The molecule has 0 radical (unpaired) electrons. The van der Waals surface area contributed by atoms with Crippen molar-refractivity contribution in [1.29, 1.82) is 0 Å². The molecule has 0 aromatic carbocycles. The Bertz CT molecular complexity index is 383. The fourth-order valence-electron chi connectivity index (χ4n) is 1.21. The van der Waals surface area contributed by atoms with Crippen molar-refractivity contribution >= 4 is 11.7 Å². The van der Waals surface area contributed by atoms with Crippen LogP contribution in [-0.4, -0.2) is 27.2 Å². The Morgan fingerprint density at radius 2 is 2.46 bits per heavy atom. The Labute approximate surface area is 72.5 Å². The van der Waals surface area contributed by atoms with Gasteiger partial charge in [0.15, 0.2) is 5.69 Å². The summed E-state index contributed by atoms with van der Waals surface area (Å²) in [7, 11) is 0. The maximum Gasteiger partial charge on any atom is 0.390 e. The topological polar surface area (TPSA) is 90.1 Å². The molecule has 13 heavy (non-hydrogen) atoms. The van der Waals surface area contributed by atoms with E-state index < -0.39 is 4.92 Å². The van der Waals surface area contributed by atoms with E-state index in [1.54, 1.807) is 0 Å². The number of amides is 1. The summed E-state index contributed by atoms with van der Waals surface area (Å²) in [6, 6.07) is 1.18. The number of hydrogen-bond acceptors (Lipinski definition) is 4. The highest BCUT2D eigenvalue weighted by Crippen LogP contribution is 2.13. The average Bonchev–Trinajstić information content (AvgIpc) is 2.49. The van der Waals surface area contributed by atoms with Gasteiger partial charge in [0.1, 0.15) is 0 Å². The standard InChI is InChI=1S/C6H6N4O3/c11-6-4-3-5(10(12)13)8-9(4)2-1-7-6/h3H,1-2H2,(H,7,11). The van der Waals surface area contributed by atoms with E-state index in [1.807, 2.05) is 0 Å². The number of nitrogens with one attached hydrogen (secondary N) is 1. The molecule has 1 aliphatic rings. The summed E-state index contributed by atoms with van der Waals surface area (Å²) in [4.78, 5) is 20.8. The molecular weight excluding hydrogens is 176 g/mol. The van der Waals surface area contributed by atoms with Gasteiger partial charge in [0, 0.05) is 6.54 Å². The van der Waals surface area contributed by atoms with Crippen molar-refractivity contribution in [2.75, 3.05) is 6.54 Å². The molecule has 0 unspecified atom stereocenters. The van der Waals surface area contributed by atoms with Gasteiger partial charge in [-0.15, -0.1) is 0 Å². The second kappa shape index (κ2) is 2.54. The highest BCUT2D eigenvalue weighted by Gasteiger charge is 2.25. The average molecular weight is 182 g/mol. The van der Waals surface area contributed by atoms with Crippen LogP contribution in [0.3, 0.4) is 0 Å². The summed E-state index contributed by atoms with van der Waals surface area (Å²) >= 11 is 0. The van der Waals surface area contributed by atoms with Crippen LogP contribution in [0.2, 0.25) is 0 Å². The van der Waals surface area contributed by atoms with Crippen LogP contribution in [0.1, 0.15) is 10.5 Å². The molecule has 2 heterocycles. The SMILES string of the molecule is O=C1NCCn2nc([N+](=O)[O-])cc21. The predicted molar refractivity (Wildman–Crippen MR) is 41.2 cm³/mol. The van der Waals surface area contributed by atoms with Crippen molar-refractivity contribution in [3.63, 3.8) is 0 Å². The Hall–Kier alpha value is -1.92. The van der Waals surface area contributed by atoms with Crippen LogP contribution in [-0.2, 0) is 6.54 Å². The monoisotopic (exact) mass is 182 g/mol. The van der Waals surface area contributed by atoms with Crippen molar-refractivity contribution in [2.45, 2.75) is 6.54 Å². The summed E-state index contributed by atoms with van der Waals surface area (Å²) in [5.74, 6) is -0.598. The van der Waals surface area contributed by atoms with E-state index in [0.29, 0.717) is 13.1 Å². The van der Waals surface area contributed by atoms with E-state index in [0.717, 1.165) is 0 Å². The molecule has 0 saturated heterocycles. The van der Waals surface area contributed by atoms with Crippen LogP contribution in [0.4, 0.5) is 5.82 Å². The molecule has 0 aliphatic carbocycles. The summed E-state index contributed by atoms with van der Waals surface area (Å²) in [6.07, 6.45) is 0. The van der Waals surface area contributed by atoms with Gasteiger partial charge in [-0.2, -0.15) is 4.68 Å². The Morgan fingerprint density at radius 3 is 3.08 bits per heavy atom. The number of rotatable bonds is 1. The molecule has 1 aromatic heterocycles. The van der Waals surface area contributed by atoms with Gasteiger partial charge in [-0.1, -0.05) is 0 Å². The van der Waals surface area contributed by atoms with Crippen LogP contribution in [0.25, 0.3) is 0 Å². The zero-order valence-corrected chi connectivity index (χ0v) is 6.56. The van der Waals surface area contributed by atoms with E-state index in [9.17, 15) is 14.9 Å². The second-order valence-electron chi connectivity index (χ2n) is 2.62. The Balaban J connectivity index is 2.48. The maximum absolute atomic E-state index is 11.1. The van der Waals surface area contributed by atoms with E-state index in [4.69, 9.17) is 0 Å². The fraction of sp³-hybridized carbons (Fsp3) is 0.333. The molecule has 0 fully saturated rings. The molecule has 1 N–H and O–H groups in total. The molecule has 2 rings (SSSR count). The quantitative estimate of drug-likeness (QED) is 0.469. The lowest BCUT2D eigenvalue weighted by molar-refractivity contribution is -0.389. The van der Waals surface area contributed by atoms with E-state index >= 15 is 0 Å².